The molecule has 2 aliphatic carbocycles. The molecule has 0 saturated carbocycles. The molecule has 0 spiro atoms. The highest BCUT2D eigenvalue weighted by Gasteiger charge is 2.57. The molecule has 7 aliphatic rings. The van der Waals surface area contributed by atoms with Crippen LogP contribution in [0.5, 0.6) is 0 Å². The van der Waals surface area contributed by atoms with Crippen molar-refractivity contribution in [2.75, 3.05) is 51.8 Å². The van der Waals surface area contributed by atoms with Crippen LogP contribution >= 0.6 is 48.0 Å². The van der Waals surface area contributed by atoms with Crippen molar-refractivity contribution in [2.24, 2.45) is 22.7 Å². The van der Waals surface area contributed by atoms with Gasteiger partial charge in [0.25, 0.3) is 0 Å². The van der Waals surface area contributed by atoms with Crippen molar-refractivity contribution in [2.45, 2.75) is 139 Å². The lowest BCUT2D eigenvalue weighted by Crippen LogP contribution is -2.59. The van der Waals surface area contributed by atoms with Gasteiger partial charge in [0, 0.05) is 26.2 Å². The Morgan fingerprint density at radius 3 is 1.32 bits per heavy atom. The van der Waals surface area contributed by atoms with E-state index in [0.717, 1.165) is 33.8 Å². The van der Waals surface area contributed by atoms with Crippen molar-refractivity contribution in [1.82, 2.24) is 51.5 Å². The summed E-state index contributed by atoms with van der Waals surface area (Å²) < 4.78 is 0. The predicted molar refractivity (Wildman–Crippen MR) is 298 cm³/mol. The van der Waals surface area contributed by atoms with Gasteiger partial charge in [-0.15, -0.1) is 23.5 Å². The van der Waals surface area contributed by atoms with Crippen LogP contribution in [0.15, 0.2) is 48.5 Å². The average molecular weight is 1090 g/mol. The fraction of sp³-hybridized carbons (Fsp3) is 0.630. The van der Waals surface area contributed by atoms with Gasteiger partial charge in [-0.25, -0.2) is 0 Å². The number of rotatable bonds is 12. The second-order valence-corrected chi connectivity index (χ2v) is 26.1. The lowest BCUT2D eigenvalue weighted by molar-refractivity contribution is -0.146. The number of benzene rings is 2. The number of hydrogen-bond acceptors (Lipinski definition) is 12. The molecule has 5 heterocycles. The molecule has 5 saturated heterocycles. The minimum atomic E-state index is -0.762. The molecule has 2 aromatic carbocycles. The Morgan fingerprint density at radius 2 is 0.959 bits per heavy atom. The summed E-state index contributed by atoms with van der Waals surface area (Å²) in [5.41, 5.74) is 2.71. The van der Waals surface area contributed by atoms with Crippen molar-refractivity contribution in [3.05, 3.63) is 70.8 Å². The van der Waals surface area contributed by atoms with Crippen LogP contribution in [0.3, 0.4) is 0 Å². The molecule has 20 heteroatoms. The molecule has 5 fully saturated rings. The SMILES string of the molecule is CN[C@@H](C)C(=S)N[C@H]1CCSC2CC(C)(C)[C@@H](C(=O)N[C@H]3c4ccccc4C[C@H]3C(=O)N3CCN(C(=O)[C@@H]4Cc5ccccc5[C@@H]4NC(=O)[C@H]4N5C(=O)[C@@H](NC(=S)[C@H](C)NC)CCSC5CC4(C)C)CC3)N2C1=O. The van der Waals surface area contributed by atoms with Crippen molar-refractivity contribution in [3.8, 4) is 0 Å². The van der Waals surface area contributed by atoms with Gasteiger partial charge in [0.1, 0.15) is 24.2 Å². The lowest BCUT2D eigenvalue weighted by Gasteiger charge is -2.39. The number of piperazine rings is 1. The highest BCUT2D eigenvalue weighted by atomic mass is 32.2. The molecule has 6 amide bonds. The summed E-state index contributed by atoms with van der Waals surface area (Å²) in [6.45, 7) is 13.3. The third kappa shape index (κ3) is 10.4. The van der Waals surface area contributed by atoms with Crippen molar-refractivity contribution in [3.63, 3.8) is 0 Å². The molecular formula is C54H74N10O6S4. The van der Waals surface area contributed by atoms with Gasteiger partial charge in [-0.1, -0.05) is 101 Å². The smallest absolute Gasteiger partial charge is 0.246 e. The number of amides is 6. The summed E-state index contributed by atoms with van der Waals surface area (Å²) in [5.74, 6) is -0.684. The zero-order chi connectivity index (χ0) is 53.0. The number of thiocarbonyl (C=S) groups is 2. The van der Waals surface area contributed by atoms with E-state index in [2.05, 4.69) is 31.9 Å². The van der Waals surface area contributed by atoms with E-state index in [4.69, 9.17) is 24.4 Å². The highest BCUT2D eigenvalue weighted by Crippen LogP contribution is 2.49. The molecule has 2 unspecified atom stereocenters. The largest absolute Gasteiger partial charge is 0.367 e. The van der Waals surface area contributed by atoms with E-state index < -0.39 is 58.9 Å². The predicted octanol–water partition coefficient (Wildman–Crippen LogP) is 3.68. The van der Waals surface area contributed by atoms with Crippen molar-refractivity contribution in [1.29, 1.82) is 0 Å². The quantitative estimate of drug-likeness (QED) is 0.169. The van der Waals surface area contributed by atoms with Gasteiger partial charge >= 0.3 is 0 Å². The standard InChI is InChI=1S/C54H74N10O6S4/c1-29(55-7)47(71)57-37-17-23-73-39-27-53(3,4)43(63(39)51(37)69)45(65)59-41-33-15-11-9-13-31(33)25-35(41)49(67)61-19-21-62(22-20-61)50(68)36-26-32-14-10-12-16-34(32)42(36)60-46(66)44-54(5,6)28-40-64(44)52(70)38(18-24-74-40)58-48(72)30(2)56-8/h9-16,29-30,35-44,55-56H,17-28H2,1-8H3,(H,57,71)(H,58,72)(H,59,65)(H,60,66)/t29-,30-,35+,36+,37-,38-,39?,40?,41-,42-,43+,44+/m0/s1. The van der Waals surface area contributed by atoms with Crippen LogP contribution in [0.4, 0.5) is 0 Å². The molecule has 74 heavy (non-hydrogen) atoms. The molecule has 12 atom stereocenters. The van der Waals surface area contributed by atoms with Crippen LogP contribution in [-0.4, -0.2) is 164 Å². The van der Waals surface area contributed by atoms with E-state index in [1.54, 1.807) is 33.3 Å². The molecule has 400 valence electrons. The first kappa shape index (κ1) is 54.4. The summed E-state index contributed by atoms with van der Waals surface area (Å²) in [6.07, 6.45) is 3.38. The number of thioether (sulfide) groups is 2. The Kier molecular flexibility index (Phi) is 16.2. The first-order valence-corrected chi connectivity index (χ1v) is 29.3. The van der Waals surface area contributed by atoms with Gasteiger partial charge in [-0.05, 0) is 111 Å². The summed E-state index contributed by atoms with van der Waals surface area (Å²) in [6, 6.07) is 11.6. The number of hydrogen-bond donors (Lipinski definition) is 6. The number of carbonyl (C=O) groups is 6. The fourth-order valence-corrected chi connectivity index (χ4v) is 16.3. The van der Waals surface area contributed by atoms with Crippen LogP contribution < -0.4 is 31.9 Å². The highest BCUT2D eigenvalue weighted by molar-refractivity contribution is 8.00. The van der Waals surface area contributed by atoms with Crippen LogP contribution in [0, 0.1) is 22.7 Å². The van der Waals surface area contributed by atoms with E-state index in [1.807, 2.05) is 114 Å². The molecule has 6 N–H and O–H groups in total. The van der Waals surface area contributed by atoms with Gasteiger partial charge in [-0.2, -0.15) is 0 Å². The molecule has 0 aromatic heterocycles. The molecule has 0 radical (unpaired) electrons. The van der Waals surface area contributed by atoms with E-state index in [0.29, 0.717) is 74.7 Å². The third-order valence-electron chi connectivity index (χ3n) is 17.0. The fourth-order valence-electron chi connectivity index (χ4n) is 12.6. The van der Waals surface area contributed by atoms with E-state index >= 15 is 0 Å². The Hall–Kier alpha value is -4.34. The molecule has 16 nitrogen and oxygen atoms in total. The van der Waals surface area contributed by atoms with E-state index in [9.17, 15) is 28.8 Å². The van der Waals surface area contributed by atoms with Crippen molar-refractivity contribution < 1.29 is 28.8 Å². The molecule has 0 bridgehead atoms. The Labute approximate surface area is 455 Å². The van der Waals surface area contributed by atoms with E-state index in [-0.39, 0.29) is 58.3 Å². The van der Waals surface area contributed by atoms with Gasteiger partial charge in [-0.3, -0.25) is 28.8 Å². The Morgan fingerprint density at radius 1 is 0.595 bits per heavy atom. The average Bonchev–Trinajstić information content (AvgIpc) is 4.04. The third-order valence-corrected chi connectivity index (χ3v) is 20.4. The monoisotopic (exact) mass is 1090 g/mol. The van der Waals surface area contributed by atoms with Crippen LogP contribution in [-0.2, 0) is 41.6 Å². The minimum absolute atomic E-state index is 0.0899. The van der Waals surface area contributed by atoms with Gasteiger partial charge in [0.05, 0.1) is 56.7 Å². The summed E-state index contributed by atoms with van der Waals surface area (Å²) in [7, 11) is 3.64. The zero-order valence-electron chi connectivity index (χ0n) is 43.9. The molecule has 9 rings (SSSR count). The normalized spacial score (nSPS) is 30.7. The molecular weight excluding hydrogens is 1010 g/mol. The maximum atomic E-state index is 14.9. The van der Waals surface area contributed by atoms with E-state index in [1.165, 1.54) is 0 Å². The molecule has 2 aromatic rings. The van der Waals surface area contributed by atoms with Crippen LogP contribution in [0.25, 0.3) is 0 Å². The molecule has 5 aliphatic heterocycles. The summed E-state index contributed by atoms with van der Waals surface area (Å²) >= 11 is 14.7. The topological polar surface area (TPSA) is 188 Å². The van der Waals surface area contributed by atoms with Crippen LogP contribution in [0.2, 0.25) is 0 Å². The Balaban J connectivity index is 0.880. The van der Waals surface area contributed by atoms with Gasteiger partial charge in [0.2, 0.25) is 35.4 Å². The van der Waals surface area contributed by atoms with Gasteiger partial charge in [0.15, 0.2) is 0 Å². The summed E-state index contributed by atoms with van der Waals surface area (Å²) in [5, 5.41) is 19.2. The maximum Gasteiger partial charge on any atom is 0.246 e. The minimum Gasteiger partial charge on any atom is -0.367 e. The number of carbonyl (C=O) groups excluding carboxylic acids is 6. The summed E-state index contributed by atoms with van der Waals surface area (Å²) in [4.78, 5) is 96.6. The Bertz CT molecular complexity index is 2390. The van der Waals surface area contributed by atoms with Crippen LogP contribution in [0.1, 0.15) is 102 Å². The number of nitrogens with zero attached hydrogens (tertiary/aromatic N) is 4. The number of likely N-dealkylation sites (N-methyl/N-ethyl adjacent to an activating group) is 2. The second-order valence-electron chi connectivity index (χ2n) is 22.7. The number of fused-ring (bicyclic) bond motifs is 4. The first-order valence-electron chi connectivity index (χ1n) is 26.4. The zero-order valence-corrected chi connectivity index (χ0v) is 47.2. The lowest BCUT2D eigenvalue weighted by atomic mass is 9.83. The second kappa shape index (κ2) is 22.0. The van der Waals surface area contributed by atoms with Gasteiger partial charge < -0.3 is 51.5 Å². The first-order chi connectivity index (χ1) is 35.2. The van der Waals surface area contributed by atoms with Crippen molar-refractivity contribution >= 4 is 93.4 Å². The maximum absolute atomic E-state index is 14.9. The number of nitrogens with one attached hydrogen (secondary N) is 6.